The Morgan fingerprint density at radius 1 is 0.794 bits per heavy atom. The van der Waals surface area contributed by atoms with E-state index in [1.54, 1.807) is 12.2 Å². The number of hydrogen-bond donors (Lipinski definition) is 8. The minimum absolute atomic E-state index is 0.390. The minimum Gasteiger partial charge on any atom is -0.472 e. The summed E-state index contributed by atoms with van der Waals surface area (Å²) in [6, 6.07) is 0. The maximum atomic E-state index is 10.3. The molecule has 4 aliphatic rings. The van der Waals surface area contributed by atoms with Gasteiger partial charge in [-0.05, 0) is 18.6 Å². The standard InChI is InChI=1S/C21H32O13/c1-7-13(24)15(26)17(28)20(31-7)32-10-4-8(5-22)12-9(10)2-3-30-19(12)34-21-18(29)16(27)14(25)11(6-23)33-21/h2-4,7,9-29H,5-6H2,1H3. The second-order valence-corrected chi connectivity index (χ2v) is 8.95. The SMILES string of the molecule is CC1OC(OC2C=C(CO)C3C(OC4OC(CO)C(O)C(O)C4O)OC=CC23)C(O)C(O)C1O. The van der Waals surface area contributed by atoms with Crippen molar-refractivity contribution >= 4 is 0 Å². The molecule has 2 saturated heterocycles. The lowest BCUT2D eigenvalue weighted by Crippen LogP contribution is -2.60. The summed E-state index contributed by atoms with van der Waals surface area (Å²) in [7, 11) is 0. The molecule has 0 aromatic heterocycles. The van der Waals surface area contributed by atoms with Crippen LogP contribution in [0.25, 0.3) is 0 Å². The highest BCUT2D eigenvalue weighted by Crippen LogP contribution is 2.43. The molecule has 2 fully saturated rings. The van der Waals surface area contributed by atoms with E-state index in [9.17, 15) is 40.9 Å². The van der Waals surface area contributed by atoms with Gasteiger partial charge in [-0.15, -0.1) is 0 Å². The van der Waals surface area contributed by atoms with E-state index in [4.69, 9.17) is 23.7 Å². The van der Waals surface area contributed by atoms with Gasteiger partial charge < -0.3 is 64.5 Å². The number of aliphatic hydroxyl groups excluding tert-OH is 8. The highest BCUT2D eigenvalue weighted by atomic mass is 16.8. The van der Waals surface area contributed by atoms with E-state index >= 15 is 0 Å². The Kier molecular flexibility index (Phi) is 7.93. The van der Waals surface area contributed by atoms with Gasteiger partial charge >= 0.3 is 0 Å². The number of rotatable bonds is 6. The van der Waals surface area contributed by atoms with Gasteiger partial charge in [0, 0.05) is 5.92 Å². The van der Waals surface area contributed by atoms with Gasteiger partial charge in [0.05, 0.1) is 37.6 Å². The molecular weight excluding hydrogens is 460 g/mol. The zero-order valence-corrected chi connectivity index (χ0v) is 18.3. The lowest BCUT2D eigenvalue weighted by molar-refractivity contribution is -0.341. The Hall–Kier alpha value is -1.20. The van der Waals surface area contributed by atoms with Crippen LogP contribution in [0.5, 0.6) is 0 Å². The van der Waals surface area contributed by atoms with Crippen molar-refractivity contribution < 1.29 is 64.5 Å². The zero-order chi connectivity index (χ0) is 24.7. The first-order valence-electron chi connectivity index (χ1n) is 11.1. The highest BCUT2D eigenvalue weighted by molar-refractivity contribution is 5.26. The van der Waals surface area contributed by atoms with E-state index in [1.165, 1.54) is 13.2 Å². The molecule has 3 aliphatic heterocycles. The lowest BCUT2D eigenvalue weighted by Gasteiger charge is -2.43. The van der Waals surface area contributed by atoms with Crippen LogP contribution in [0.3, 0.4) is 0 Å². The molecule has 34 heavy (non-hydrogen) atoms. The minimum atomic E-state index is -1.64. The molecule has 3 heterocycles. The molecule has 8 N–H and O–H groups in total. The van der Waals surface area contributed by atoms with Crippen LogP contribution >= 0.6 is 0 Å². The van der Waals surface area contributed by atoms with Crippen molar-refractivity contribution in [2.45, 2.75) is 80.7 Å². The fourth-order valence-electron chi connectivity index (χ4n) is 4.77. The van der Waals surface area contributed by atoms with Crippen molar-refractivity contribution in [2.24, 2.45) is 11.8 Å². The summed E-state index contributed by atoms with van der Waals surface area (Å²) in [6.45, 7) is 0.516. The van der Waals surface area contributed by atoms with Crippen LogP contribution in [0, 0.1) is 11.8 Å². The fourth-order valence-corrected chi connectivity index (χ4v) is 4.77. The molecule has 0 spiro atoms. The van der Waals surface area contributed by atoms with E-state index < -0.39 is 98.9 Å². The number of fused-ring (bicyclic) bond motifs is 1. The molecule has 4 rings (SSSR count). The first-order valence-corrected chi connectivity index (χ1v) is 11.1. The van der Waals surface area contributed by atoms with Crippen molar-refractivity contribution in [1.29, 1.82) is 0 Å². The molecule has 194 valence electrons. The largest absolute Gasteiger partial charge is 0.472 e. The average molecular weight is 492 g/mol. The predicted molar refractivity (Wildman–Crippen MR) is 108 cm³/mol. The Morgan fingerprint density at radius 3 is 2.09 bits per heavy atom. The van der Waals surface area contributed by atoms with Gasteiger partial charge in [0.25, 0.3) is 0 Å². The molecule has 14 unspecified atom stereocenters. The molecule has 0 bridgehead atoms. The molecule has 1 aliphatic carbocycles. The van der Waals surface area contributed by atoms with E-state index in [2.05, 4.69) is 0 Å². The van der Waals surface area contributed by atoms with Crippen LogP contribution in [0.1, 0.15) is 6.92 Å². The summed E-state index contributed by atoms with van der Waals surface area (Å²) in [5.41, 5.74) is 0.466. The molecule has 0 aromatic rings. The first kappa shape index (κ1) is 25.9. The van der Waals surface area contributed by atoms with Gasteiger partial charge in [-0.1, -0.05) is 6.08 Å². The van der Waals surface area contributed by atoms with E-state index in [-0.39, 0.29) is 0 Å². The third-order valence-electron chi connectivity index (χ3n) is 6.81. The van der Waals surface area contributed by atoms with Gasteiger partial charge in [0.15, 0.2) is 12.6 Å². The van der Waals surface area contributed by atoms with Crippen LogP contribution in [-0.4, -0.2) is 128 Å². The molecule has 0 amide bonds. The van der Waals surface area contributed by atoms with Crippen molar-refractivity contribution in [2.75, 3.05) is 13.2 Å². The first-order chi connectivity index (χ1) is 16.2. The van der Waals surface area contributed by atoms with Crippen molar-refractivity contribution in [3.8, 4) is 0 Å². The Labute approximate surface area is 195 Å². The topological polar surface area (TPSA) is 208 Å². The fraction of sp³-hybridized carbons (Fsp3) is 0.810. The monoisotopic (exact) mass is 492 g/mol. The number of ether oxygens (including phenoxy) is 5. The maximum absolute atomic E-state index is 10.3. The lowest BCUT2D eigenvalue weighted by atomic mass is 9.88. The molecule has 0 aromatic carbocycles. The van der Waals surface area contributed by atoms with E-state index in [1.807, 2.05) is 0 Å². The summed E-state index contributed by atoms with van der Waals surface area (Å²) in [6.07, 6.45) is -11.0. The van der Waals surface area contributed by atoms with Gasteiger partial charge in [0.1, 0.15) is 42.7 Å². The quantitative estimate of drug-likeness (QED) is 0.167. The number of hydrogen-bond acceptors (Lipinski definition) is 13. The van der Waals surface area contributed by atoms with Crippen LogP contribution in [0.4, 0.5) is 0 Å². The summed E-state index contributed by atoms with van der Waals surface area (Å²) >= 11 is 0. The van der Waals surface area contributed by atoms with Gasteiger partial charge in [-0.3, -0.25) is 0 Å². The molecule has 14 atom stereocenters. The smallest absolute Gasteiger partial charge is 0.209 e. The summed E-state index contributed by atoms with van der Waals surface area (Å²) in [4.78, 5) is 0. The second-order valence-electron chi connectivity index (χ2n) is 8.95. The molecule has 0 saturated carbocycles. The van der Waals surface area contributed by atoms with Crippen LogP contribution in [0.15, 0.2) is 24.0 Å². The van der Waals surface area contributed by atoms with E-state index in [0.717, 1.165) is 0 Å². The van der Waals surface area contributed by atoms with E-state index in [0.29, 0.717) is 5.57 Å². The molecule has 13 nitrogen and oxygen atoms in total. The van der Waals surface area contributed by atoms with Crippen LogP contribution in [0.2, 0.25) is 0 Å². The Morgan fingerprint density at radius 2 is 1.44 bits per heavy atom. The predicted octanol–water partition coefficient (Wildman–Crippen LogP) is -3.95. The van der Waals surface area contributed by atoms with Gasteiger partial charge in [0.2, 0.25) is 6.29 Å². The van der Waals surface area contributed by atoms with Crippen LogP contribution < -0.4 is 0 Å². The van der Waals surface area contributed by atoms with Gasteiger partial charge in [-0.25, -0.2) is 0 Å². The highest BCUT2D eigenvalue weighted by Gasteiger charge is 2.51. The average Bonchev–Trinajstić information content (AvgIpc) is 3.19. The van der Waals surface area contributed by atoms with Crippen LogP contribution in [-0.2, 0) is 23.7 Å². The second kappa shape index (κ2) is 10.4. The normalized spacial score (nSPS) is 51.0. The molecule has 13 heteroatoms. The summed E-state index contributed by atoms with van der Waals surface area (Å²) in [5, 5.41) is 79.8. The van der Waals surface area contributed by atoms with Crippen molar-refractivity contribution in [1.82, 2.24) is 0 Å². The Bertz CT molecular complexity index is 759. The zero-order valence-electron chi connectivity index (χ0n) is 18.3. The van der Waals surface area contributed by atoms with Crippen molar-refractivity contribution in [3.63, 3.8) is 0 Å². The Balaban J connectivity index is 1.48. The maximum Gasteiger partial charge on any atom is 0.209 e. The molecular formula is C21H32O13. The molecule has 0 radical (unpaired) electrons. The third kappa shape index (κ3) is 4.64. The summed E-state index contributed by atoms with van der Waals surface area (Å²) < 4.78 is 28.1. The summed E-state index contributed by atoms with van der Waals surface area (Å²) in [5.74, 6) is -1.10. The van der Waals surface area contributed by atoms with Gasteiger partial charge in [-0.2, -0.15) is 0 Å². The third-order valence-corrected chi connectivity index (χ3v) is 6.81. The van der Waals surface area contributed by atoms with Crippen molar-refractivity contribution in [3.05, 3.63) is 24.0 Å². The number of aliphatic hydroxyl groups is 8.